The molecule has 0 unspecified atom stereocenters. The quantitative estimate of drug-likeness (QED) is 0.871. The third kappa shape index (κ3) is 1.95. The summed E-state index contributed by atoms with van der Waals surface area (Å²) >= 11 is 0. The molecule has 0 atom stereocenters. The topological polar surface area (TPSA) is 32.3 Å². The Morgan fingerprint density at radius 3 is 2.56 bits per heavy atom. The lowest BCUT2D eigenvalue weighted by Gasteiger charge is -2.31. The Morgan fingerprint density at radius 1 is 1.00 bits per heavy atom. The van der Waals surface area contributed by atoms with Crippen molar-refractivity contribution in [3.05, 3.63) is 65.7 Å². The molecule has 0 fully saturated rings. The van der Waals surface area contributed by atoms with E-state index >= 15 is 0 Å². The summed E-state index contributed by atoms with van der Waals surface area (Å²) < 4.78 is 0. The Balaban J connectivity index is 1.91. The van der Waals surface area contributed by atoms with Crippen molar-refractivity contribution in [2.24, 2.45) is 0 Å². The number of carbonyl (C=O) groups excluding carboxylic acids is 1. The number of nitrogens with one attached hydrogen (secondary N) is 1. The van der Waals surface area contributed by atoms with Crippen LogP contribution < -0.4 is 10.2 Å². The van der Waals surface area contributed by atoms with Gasteiger partial charge in [-0.25, -0.2) is 0 Å². The molecule has 0 saturated carbocycles. The molecule has 0 aliphatic carbocycles. The minimum absolute atomic E-state index is 0.00918. The Morgan fingerprint density at radius 2 is 1.72 bits per heavy atom. The molecule has 3 heteroatoms. The van der Waals surface area contributed by atoms with E-state index in [1.807, 2.05) is 42.5 Å². The normalized spacial score (nSPS) is 14.0. The summed E-state index contributed by atoms with van der Waals surface area (Å²) in [4.78, 5) is 13.9. The number of para-hydroxylation sites is 1. The van der Waals surface area contributed by atoms with Crippen molar-refractivity contribution in [1.82, 2.24) is 5.32 Å². The van der Waals surface area contributed by atoms with Crippen LogP contribution in [0.3, 0.4) is 0 Å². The number of carbonyl (C=O) groups is 1. The minimum atomic E-state index is 0.00918. The monoisotopic (exact) mass is 238 g/mol. The molecule has 0 aromatic heterocycles. The number of rotatable bonds is 2. The van der Waals surface area contributed by atoms with E-state index in [1.165, 1.54) is 5.56 Å². The second kappa shape index (κ2) is 4.53. The van der Waals surface area contributed by atoms with Gasteiger partial charge >= 0.3 is 0 Å². The molecule has 3 rings (SSSR count). The molecular formula is C15H14N2O. The molecule has 0 radical (unpaired) electrons. The third-order valence-electron chi connectivity index (χ3n) is 3.14. The molecule has 90 valence electrons. The van der Waals surface area contributed by atoms with Crippen LogP contribution in [0.15, 0.2) is 54.6 Å². The maximum absolute atomic E-state index is 11.7. The van der Waals surface area contributed by atoms with Crippen molar-refractivity contribution in [1.29, 1.82) is 0 Å². The maximum Gasteiger partial charge on any atom is 0.254 e. The van der Waals surface area contributed by atoms with E-state index in [0.29, 0.717) is 6.67 Å². The van der Waals surface area contributed by atoms with Crippen molar-refractivity contribution in [2.45, 2.75) is 6.54 Å². The van der Waals surface area contributed by atoms with Crippen LogP contribution >= 0.6 is 0 Å². The van der Waals surface area contributed by atoms with Crippen LogP contribution in [0.2, 0.25) is 0 Å². The third-order valence-corrected chi connectivity index (χ3v) is 3.14. The van der Waals surface area contributed by atoms with Gasteiger partial charge in [-0.3, -0.25) is 4.79 Å². The molecule has 0 bridgehead atoms. The lowest BCUT2D eigenvalue weighted by atomic mass is 10.1. The largest absolute Gasteiger partial charge is 0.349 e. The fourth-order valence-corrected chi connectivity index (χ4v) is 2.23. The summed E-state index contributed by atoms with van der Waals surface area (Å²) in [7, 11) is 0. The second-order valence-corrected chi connectivity index (χ2v) is 4.36. The first kappa shape index (κ1) is 10.8. The predicted molar refractivity (Wildman–Crippen MR) is 71.4 cm³/mol. The average molecular weight is 238 g/mol. The predicted octanol–water partition coefficient (Wildman–Crippen LogP) is 2.39. The highest BCUT2D eigenvalue weighted by atomic mass is 16.2. The molecule has 1 amide bonds. The fraction of sp³-hybridized carbons (Fsp3) is 0.133. The molecule has 1 aliphatic rings. The zero-order valence-electron chi connectivity index (χ0n) is 9.97. The van der Waals surface area contributed by atoms with Crippen molar-refractivity contribution >= 4 is 11.6 Å². The molecule has 18 heavy (non-hydrogen) atoms. The molecule has 0 spiro atoms. The van der Waals surface area contributed by atoms with Gasteiger partial charge in [0.15, 0.2) is 0 Å². The Bertz CT molecular complexity index is 566. The molecule has 0 saturated heterocycles. The Kier molecular flexibility index (Phi) is 2.73. The van der Waals surface area contributed by atoms with Gasteiger partial charge in [-0.1, -0.05) is 42.5 Å². The van der Waals surface area contributed by atoms with Crippen molar-refractivity contribution in [3.8, 4) is 0 Å². The second-order valence-electron chi connectivity index (χ2n) is 4.36. The Hall–Kier alpha value is -2.29. The van der Waals surface area contributed by atoms with Crippen LogP contribution in [0.1, 0.15) is 15.9 Å². The number of hydrogen-bond donors (Lipinski definition) is 1. The van der Waals surface area contributed by atoms with Crippen LogP contribution in [0.25, 0.3) is 0 Å². The summed E-state index contributed by atoms with van der Waals surface area (Å²) in [5.41, 5.74) is 2.99. The molecule has 1 aliphatic heterocycles. The highest BCUT2D eigenvalue weighted by Crippen LogP contribution is 2.24. The van der Waals surface area contributed by atoms with Gasteiger partial charge in [0, 0.05) is 6.54 Å². The molecule has 1 N–H and O–H groups in total. The van der Waals surface area contributed by atoms with Crippen LogP contribution in [0, 0.1) is 0 Å². The minimum Gasteiger partial charge on any atom is -0.349 e. The van der Waals surface area contributed by atoms with Crippen molar-refractivity contribution in [3.63, 3.8) is 0 Å². The van der Waals surface area contributed by atoms with Gasteiger partial charge in [-0.2, -0.15) is 0 Å². The molecule has 2 aromatic rings. The first-order chi connectivity index (χ1) is 8.84. The number of nitrogens with zero attached hydrogens (tertiary/aromatic N) is 1. The SMILES string of the molecule is O=C1NCN(Cc2ccccc2)c2ccccc21. The van der Waals surface area contributed by atoms with Crippen LogP contribution in [0.4, 0.5) is 5.69 Å². The summed E-state index contributed by atoms with van der Waals surface area (Å²) in [5.74, 6) is 0.00918. The van der Waals surface area contributed by atoms with E-state index in [4.69, 9.17) is 0 Å². The maximum atomic E-state index is 11.7. The van der Waals surface area contributed by atoms with Gasteiger partial charge in [0.25, 0.3) is 5.91 Å². The smallest absolute Gasteiger partial charge is 0.254 e. The number of amides is 1. The number of anilines is 1. The molecule has 1 heterocycles. The van der Waals surface area contributed by atoms with Gasteiger partial charge in [0.1, 0.15) is 0 Å². The van der Waals surface area contributed by atoms with Crippen LogP contribution in [-0.4, -0.2) is 12.6 Å². The first-order valence-corrected chi connectivity index (χ1v) is 6.01. The summed E-state index contributed by atoms with van der Waals surface area (Å²) in [6, 6.07) is 18.0. The van der Waals surface area contributed by atoms with Gasteiger partial charge in [0.05, 0.1) is 17.9 Å². The number of hydrogen-bond acceptors (Lipinski definition) is 2. The van der Waals surface area contributed by atoms with Gasteiger partial charge in [-0.05, 0) is 17.7 Å². The zero-order chi connectivity index (χ0) is 12.4. The van der Waals surface area contributed by atoms with E-state index in [9.17, 15) is 4.79 Å². The lowest BCUT2D eigenvalue weighted by molar-refractivity contribution is 0.0947. The van der Waals surface area contributed by atoms with Gasteiger partial charge in [-0.15, -0.1) is 0 Å². The van der Waals surface area contributed by atoms with E-state index in [0.717, 1.165) is 17.8 Å². The summed E-state index contributed by atoms with van der Waals surface area (Å²) in [6.45, 7) is 1.36. The van der Waals surface area contributed by atoms with Gasteiger partial charge < -0.3 is 10.2 Å². The van der Waals surface area contributed by atoms with Crippen LogP contribution in [-0.2, 0) is 6.54 Å². The van der Waals surface area contributed by atoms with Crippen LogP contribution in [0.5, 0.6) is 0 Å². The summed E-state index contributed by atoms with van der Waals surface area (Å²) in [5, 5.41) is 2.90. The summed E-state index contributed by atoms with van der Waals surface area (Å²) in [6.07, 6.45) is 0. The highest BCUT2D eigenvalue weighted by molar-refractivity contribution is 6.01. The van der Waals surface area contributed by atoms with E-state index in [-0.39, 0.29) is 5.91 Å². The highest BCUT2D eigenvalue weighted by Gasteiger charge is 2.21. The number of fused-ring (bicyclic) bond motifs is 1. The average Bonchev–Trinajstić information content (AvgIpc) is 2.44. The molecule has 2 aromatic carbocycles. The lowest BCUT2D eigenvalue weighted by Crippen LogP contribution is -2.42. The van der Waals surface area contributed by atoms with Crippen molar-refractivity contribution in [2.75, 3.05) is 11.6 Å². The van der Waals surface area contributed by atoms with Crippen molar-refractivity contribution < 1.29 is 4.79 Å². The number of benzene rings is 2. The molecular weight excluding hydrogens is 224 g/mol. The van der Waals surface area contributed by atoms with E-state index in [2.05, 4.69) is 22.3 Å². The Labute approximate surface area is 106 Å². The van der Waals surface area contributed by atoms with E-state index < -0.39 is 0 Å². The van der Waals surface area contributed by atoms with E-state index in [1.54, 1.807) is 0 Å². The van der Waals surface area contributed by atoms with Gasteiger partial charge in [0.2, 0.25) is 0 Å². The fourth-order valence-electron chi connectivity index (χ4n) is 2.23. The first-order valence-electron chi connectivity index (χ1n) is 6.01. The zero-order valence-corrected chi connectivity index (χ0v) is 9.97. The molecule has 3 nitrogen and oxygen atoms in total. The standard InChI is InChI=1S/C15H14N2O/c18-15-13-8-4-5-9-14(13)17(11-16-15)10-12-6-2-1-3-7-12/h1-9H,10-11H2,(H,16,18).